The molecule has 1 heterocycles. The molecule has 0 radical (unpaired) electrons. The van der Waals surface area contributed by atoms with E-state index in [1.807, 2.05) is 68.1 Å². The van der Waals surface area contributed by atoms with Gasteiger partial charge in [0, 0.05) is 17.8 Å². The van der Waals surface area contributed by atoms with Crippen LogP contribution < -0.4 is 10.2 Å². The van der Waals surface area contributed by atoms with Gasteiger partial charge in [-0.25, -0.2) is 0 Å². The zero-order valence-corrected chi connectivity index (χ0v) is 18.7. The van der Waals surface area contributed by atoms with Gasteiger partial charge < -0.3 is 5.32 Å². The first-order valence-electron chi connectivity index (χ1n) is 10.1. The number of para-hydroxylation sites is 1. The molecule has 0 spiro atoms. The molecule has 2 aromatic rings. The summed E-state index contributed by atoms with van der Waals surface area (Å²) in [6.45, 7) is 10.4. The highest BCUT2D eigenvalue weighted by Crippen LogP contribution is 2.44. The third-order valence-electron chi connectivity index (χ3n) is 4.83. The van der Waals surface area contributed by atoms with Crippen molar-refractivity contribution in [3.8, 4) is 0 Å². The third-order valence-corrected chi connectivity index (χ3v) is 6.04. The van der Waals surface area contributed by atoms with Gasteiger partial charge in [0.1, 0.15) is 5.37 Å². The molecule has 0 bridgehead atoms. The van der Waals surface area contributed by atoms with Crippen molar-refractivity contribution in [2.24, 2.45) is 5.41 Å². The lowest BCUT2D eigenvalue weighted by Crippen LogP contribution is -2.29. The van der Waals surface area contributed by atoms with E-state index in [2.05, 4.69) is 25.2 Å². The monoisotopic (exact) mass is 410 g/mol. The highest BCUT2D eigenvalue weighted by atomic mass is 32.2. The van der Waals surface area contributed by atoms with Crippen LogP contribution >= 0.6 is 11.8 Å². The number of amides is 2. The second-order valence-corrected chi connectivity index (χ2v) is 10.1. The van der Waals surface area contributed by atoms with Crippen LogP contribution in [-0.2, 0) is 9.59 Å². The van der Waals surface area contributed by atoms with E-state index in [0.717, 1.165) is 16.9 Å². The molecular weight excluding hydrogens is 380 g/mol. The number of rotatable bonds is 5. The van der Waals surface area contributed by atoms with Crippen molar-refractivity contribution in [1.82, 2.24) is 0 Å². The summed E-state index contributed by atoms with van der Waals surface area (Å²) in [6.07, 6.45) is 0.460. The minimum atomic E-state index is -0.0955. The molecule has 1 fully saturated rings. The number of hydrogen-bond acceptors (Lipinski definition) is 3. The second kappa shape index (κ2) is 8.62. The molecule has 1 N–H and O–H groups in total. The predicted molar refractivity (Wildman–Crippen MR) is 122 cm³/mol. The van der Waals surface area contributed by atoms with Gasteiger partial charge in [0.15, 0.2) is 0 Å². The van der Waals surface area contributed by atoms with Crippen LogP contribution in [0, 0.1) is 5.41 Å². The number of benzene rings is 2. The molecule has 2 amide bonds. The molecule has 5 heteroatoms. The van der Waals surface area contributed by atoms with Gasteiger partial charge in [0.05, 0.1) is 5.75 Å². The van der Waals surface area contributed by atoms with E-state index in [0.29, 0.717) is 18.1 Å². The Morgan fingerprint density at radius 2 is 1.90 bits per heavy atom. The zero-order chi connectivity index (χ0) is 21.2. The predicted octanol–water partition coefficient (Wildman–Crippen LogP) is 5.96. The van der Waals surface area contributed by atoms with Crippen LogP contribution in [-0.4, -0.2) is 17.6 Å². The van der Waals surface area contributed by atoms with Crippen molar-refractivity contribution < 1.29 is 9.59 Å². The van der Waals surface area contributed by atoms with Crippen LogP contribution in [0.4, 0.5) is 11.4 Å². The average Bonchev–Trinajstić information content (AvgIpc) is 3.01. The summed E-state index contributed by atoms with van der Waals surface area (Å²) < 4.78 is 0. The van der Waals surface area contributed by atoms with Crippen molar-refractivity contribution in [3.05, 3.63) is 59.7 Å². The molecule has 3 rings (SSSR count). The molecule has 0 saturated carbocycles. The van der Waals surface area contributed by atoms with E-state index in [1.54, 1.807) is 11.8 Å². The Bertz CT molecular complexity index is 902. The Hall–Kier alpha value is -2.27. The Morgan fingerprint density at radius 1 is 1.17 bits per heavy atom. The maximum absolute atomic E-state index is 12.8. The standard InChI is InChI=1S/C24H30N2O2S/c1-16(2)19-11-6-7-12-20(19)26-22(28)15-29-23(26)17-9-8-10-18(13-17)25-21(27)14-24(3,4)5/h6-13,16,23H,14-15H2,1-5H3,(H,25,27). The molecular formula is C24H30N2O2S. The summed E-state index contributed by atoms with van der Waals surface area (Å²) in [5.74, 6) is 0.910. The first-order valence-corrected chi connectivity index (χ1v) is 11.1. The molecule has 154 valence electrons. The van der Waals surface area contributed by atoms with Gasteiger partial charge in [-0.15, -0.1) is 11.8 Å². The van der Waals surface area contributed by atoms with Crippen molar-refractivity contribution in [2.75, 3.05) is 16.0 Å². The fourth-order valence-electron chi connectivity index (χ4n) is 3.58. The van der Waals surface area contributed by atoms with Crippen molar-refractivity contribution in [2.45, 2.75) is 52.3 Å². The first kappa shape index (κ1) is 21.4. The summed E-state index contributed by atoms with van der Waals surface area (Å²) in [6, 6.07) is 16.0. The SMILES string of the molecule is CC(C)c1ccccc1N1C(=O)CSC1c1cccc(NC(=O)CC(C)(C)C)c1. The molecule has 0 aromatic heterocycles. The average molecular weight is 411 g/mol. The summed E-state index contributed by atoms with van der Waals surface area (Å²) in [5, 5.41) is 2.91. The van der Waals surface area contributed by atoms with Gasteiger partial charge in [-0.1, -0.05) is 65.0 Å². The van der Waals surface area contributed by atoms with E-state index >= 15 is 0 Å². The first-order chi connectivity index (χ1) is 13.7. The van der Waals surface area contributed by atoms with Gasteiger partial charge in [0.2, 0.25) is 11.8 Å². The summed E-state index contributed by atoms with van der Waals surface area (Å²) in [7, 11) is 0. The number of nitrogens with one attached hydrogen (secondary N) is 1. The molecule has 0 aliphatic carbocycles. The van der Waals surface area contributed by atoms with Gasteiger partial charge in [0.25, 0.3) is 0 Å². The summed E-state index contributed by atoms with van der Waals surface area (Å²) in [4.78, 5) is 27.0. The van der Waals surface area contributed by atoms with Crippen LogP contribution in [0.5, 0.6) is 0 Å². The fraction of sp³-hybridized carbons (Fsp3) is 0.417. The second-order valence-electron chi connectivity index (χ2n) is 9.05. The molecule has 1 saturated heterocycles. The van der Waals surface area contributed by atoms with E-state index in [4.69, 9.17) is 0 Å². The van der Waals surface area contributed by atoms with Gasteiger partial charge in [-0.2, -0.15) is 0 Å². The number of thioether (sulfide) groups is 1. The Balaban J connectivity index is 1.88. The van der Waals surface area contributed by atoms with E-state index in [1.165, 1.54) is 5.56 Å². The normalized spacial score (nSPS) is 17.1. The largest absolute Gasteiger partial charge is 0.326 e. The van der Waals surface area contributed by atoms with Crippen LogP contribution in [0.2, 0.25) is 0 Å². The lowest BCUT2D eigenvalue weighted by molar-refractivity contribution is -0.118. The van der Waals surface area contributed by atoms with Crippen molar-refractivity contribution in [1.29, 1.82) is 0 Å². The molecule has 4 nitrogen and oxygen atoms in total. The zero-order valence-electron chi connectivity index (χ0n) is 17.9. The van der Waals surface area contributed by atoms with Crippen LogP contribution in [0.1, 0.15) is 63.5 Å². The number of carbonyl (C=O) groups excluding carboxylic acids is 2. The van der Waals surface area contributed by atoms with Gasteiger partial charge >= 0.3 is 0 Å². The maximum atomic E-state index is 12.8. The number of carbonyl (C=O) groups is 2. The quantitative estimate of drug-likeness (QED) is 0.661. The summed E-state index contributed by atoms with van der Waals surface area (Å²) >= 11 is 1.63. The molecule has 1 atom stereocenters. The Labute approximate surface area is 178 Å². The van der Waals surface area contributed by atoms with Crippen molar-refractivity contribution in [3.63, 3.8) is 0 Å². The lowest BCUT2D eigenvalue weighted by atomic mass is 9.92. The number of anilines is 2. The van der Waals surface area contributed by atoms with E-state index < -0.39 is 0 Å². The Morgan fingerprint density at radius 3 is 2.59 bits per heavy atom. The highest BCUT2D eigenvalue weighted by Gasteiger charge is 2.35. The lowest BCUT2D eigenvalue weighted by Gasteiger charge is -2.28. The highest BCUT2D eigenvalue weighted by molar-refractivity contribution is 8.00. The third kappa shape index (κ3) is 5.21. The van der Waals surface area contributed by atoms with Crippen molar-refractivity contribution >= 4 is 35.0 Å². The minimum Gasteiger partial charge on any atom is -0.326 e. The Kier molecular flexibility index (Phi) is 6.37. The molecule has 29 heavy (non-hydrogen) atoms. The van der Waals surface area contributed by atoms with Gasteiger partial charge in [-0.3, -0.25) is 14.5 Å². The topological polar surface area (TPSA) is 49.4 Å². The van der Waals surface area contributed by atoms with Crippen LogP contribution in [0.3, 0.4) is 0 Å². The number of hydrogen-bond donors (Lipinski definition) is 1. The van der Waals surface area contributed by atoms with E-state index in [-0.39, 0.29) is 22.6 Å². The number of nitrogens with zero attached hydrogens (tertiary/aromatic N) is 1. The smallest absolute Gasteiger partial charge is 0.238 e. The summed E-state index contributed by atoms with van der Waals surface area (Å²) in [5.41, 5.74) is 3.88. The van der Waals surface area contributed by atoms with Crippen LogP contribution in [0.25, 0.3) is 0 Å². The van der Waals surface area contributed by atoms with Crippen LogP contribution in [0.15, 0.2) is 48.5 Å². The minimum absolute atomic E-state index is 0.00631. The maximum Gasteiger partial charge on any atom is 0.238 e. The molecule has 1 unspecified atom stereocenters. The molecule has 2 aromatic carbocycles. The van der Waals surface area contributed by atoms with Gasteiger partial charge in [-0.05, 0) is 40.7 Å². The van der Waals surface area contributed by atoms with E-state index in [9.17, 15) is 9.59 Å². The molecule has 1 aliphatic rings. The fourth-order valence-corrected chi connectivity index (χ4v) is 4.74. The molecule has 1 aliphatic heterocycles.